The SMILES string of the molecule is CCOP(=O)(OCC)C1OS(=O)(=O)N=C1CCc1ccccc1. The summed E-state index contributed by atoms with van der Waals surface area (Å²) in [4.78, 5) is 0. The molecule has 1 aliphatic heterocycles. The topological polar surface area (TPSA) is 91.3 Å². The van der Waals surface area contributed by atoms with Gasteiger partial charge >= 0.3 is 17.9 Å². The molecule has 1 aromatic carbocycles. The molecule has 0 amide bonds. The molecule has 1 heterocycles. The third kappa shape index (κ3) is 4.71. The first-order valence-electron chi connectivity index (χ1n) is 7.35. The van der Waals surface area contributed by atoms with E-state index in [4.69, 9.17) is 13.2 Å². The summed E-state index contributed by atoms with van der Waals surface area (Å²) in [6.45, 7) is 3.53. The van der Waals surface area contributed by atoms with Crippen LogP contribution in [0.1, 0.15) is 25.8 Å². The molecule has 0 aliphatic carbocycles. The van der Waals surface area contributed by atoms with Crippen molar-refractivity contribution < 1.29 is 26.2 Å². The maximum Gasteiger partial charge on any atom is 0.382 e. The minimum atomic E-state index is -4.11. The average molecular weight is 361 g/mol. The fourth-order valence-corrected chi connectivity index (χ4v) is 5.54. The van der Waals surface area contributed by atoms with Crippen molar-refractivity contribution in [3.05, 3.63) is 35.9 Å². The zero-order valence-corrected chi connectivity index (χ0v) is 14.8. The van der Waals surface area contributed by atoms with Crippen LogP contribution in [0.25, 0.3) is 0 Å². The van der Waals surface area contributed by atoms with Crippen molar-refractivity contribution in [2.75, 3.05) is 13.2 Å². The standard InChI is InChI=1S/C14H20NO6PS/c1-3-19-22(16,20-4-2)14-13(15-23(17,18)21-14)11-10-12-8-6-5-7-9-12/h5-9,14H,3-4,10-11H2,1-2H3. The minimum Gasteiger partial charge on any atom is -0.307 e. The first-order valence-corrected chi connectivity index (χ1v) is 10.3. The van der Waals surface area contributed by atoms with Gasteiger partial charge in [0.05, 0.1) is 18.9 Å². The molecule has 0 fully saturated rings. The molecule has 9 heteroatoms. The van der Waals surface area contributed by atoms with Crippen molar-refractivity contribution in [2.24, 2.45) is 4.40 Å². The fraction of sp³-hybridized carbons (Fsp3) is 0.500. The van der Waals surface area contributed by atoms with Gasteiger partial charge in [-0.15, -0.1) is 4.40 Å². The van der Waals surface area contributed by atoms with E-state index in [9.17, 15) is 13.0 Å². The van der Waals surface area contributed by atoms with Gasteiger partial charge in [0.1, 0.15) is 0 Å². The molecule has 0 saturated heterocycles. The van der Waals surface area contributed by atoms with E-state index in [0.717, 1.165) is 5.56 Å². The Bertz CT molecular complexity index is 693. The molecule has 0 aromatic heterocycles. The van der Waals surface area contributed by atoms with Gasteiger partial charge in [-0.25, -0.2) is 4.18 Å². The van der Waals surface area contributed by atoms with Crippen LogP contribution >= 0.6 is 7.60 Å². The molecular weight excluding hydrogens is 341 g/mol. The predicted molar refractivity (Wildman–Crippen MR) is 86.8 cm³/mol. The second kappa shape index (κ2) is 7.68. The van der Waals surface area contributed by atoms with Gasteiger partial charge in [-0.2, -0.15) is 8.42 Å². The second-order valence-corrected chi connectivity index (χ2v) is 8.12. The molecule has 7 nitrogen and oxygen atoms in total. The maximum absolute atomic E-state index is 12.8. The van der Waals surface area contributed by atoms with E-state index in [0.29, 0.717) is 6.42 Å². The lowest BCUT2D eigenvalue weighted by Gasteiger charge is -2.22. The molecule has 1 aliphatic rings. The average Bonchev–Trinajstić information content (AvgIpc) is 2.82. The highest BCUT2D eigenvalue weighted by molar-refractivity contribution is 7.86. The van der Waals surface area contributed by atoms with Gasteiger partial charge in [-0.05, 0) is 32.3 Å². The van der Waals surface area contributed by atoms with Crippen molar-refractivity contribution >= 4 is 23.6 Å². The molecule has 23 heavy (non-hydrogen) atoms. The van der Waals surface area contributed by atoms with E-state index in [1.165, 1.54) is 0 Å². The van der Waals surface area contributed by atoms with Crippen molar-refractivity contribution in [3.8, 4) is 0 Å². The Hall–Kier alpha value is -1.05. The molecule has 0 saturated carbocycles. The molecule has 128 valence electrons. The van der Waals surface area contributed by atoms with Crippen LogP contribution < -0.4 is 0 Å². The first-order chi connectivity index (χ1) is 10.9. The Morgan fingerprint density at radius 1 is 1.13 bits per heavy atom. The molecule has 2 rings (SSSR count). The zero-order valence-electron chi connectivity index (χ0n) is 13.0. The van der Waals surface area contributed by atoms with E-state index in [2.05, 4.69) is 4.40 Å². The van der Waals surface area contributed by atoms with Crippen LogP contribution in [0, 0.1) is 0 Å². The Morgan fingerprint density at radius 2 is 1.74 bits per heavy atom. The second-order valence-electron chi connectivity index (χ2n) is 4.82. The maximum atomic E-state index is 12.8. The molecule has 1 atom stereocenters. The van der Waals surface area contributed by atoms with Gasteiger partial charge < -0.3 is 9.05 Å². The van der Waals surface area contributed by atoms with Crippen LogP contribution in [0.3, 0.4) is 0 Å². The lowest BCUT2D eigenvalue weighted by molar-refractivity contribution is 0.187. The summed E-state index contributed by atoms with van der Waals surface area (Å²) in [5.74, 6) is -1.31. The highest BCUT2D eigenvalue weighted by Gasteiger charge is 2.47. The van der Waals surface area contributed by atoms with Gasteiger partial charge in [0.25, 0.3) is 0 Å². The minimum absolute atomic E-state index is 0.114. The third-order valence-electron chi connectivity index (χ3n) is 3.14. The van der Waals surface area contributed by atoms with Crippen molar-refractivity contribution in [3.63, 3.8) is 0 Å². The number of hydrogen-bond donors (Lipinski definition) is 0. The van der Waals surface area contributed by atoms with Crippen LogP contribution in [0.2, 0.25) is 0 Å². The molecule has 0 N–H and O–H groups in total. The molecule has 1 aromatic rings. The zero-order chi connectivity index (χ0) is 16.9. The lowest BCUT2D eigenvalue weighted by Crippen LogP contribution is -2.23. The number of benzene rings is 1. The van der Waals surface area contributed by atoms with E-state index < -0.39 is 23.7 Å². The third-order valence-corrected chi connectivity index (χ3v) is 6.40. The first kappa shape index (κ1) is 18.3. The lowest BCUT2D eigenvalue weighted by atomic mass is 10.1. The number of hydrogen-bond acceptors (Lipinski definition) is 6. The number of aryl methyl sites for hydroxylation is 1. The van der Waals surface area contributed by atoms with Gasteiger partial charge in [0.2, 0.25) is 5.85 Å². The molecule has 1 unspecified atom stereocenters. The van der Waals surface area contributed by atoms with Gasteiger partial charge in [-0.3, -0.25) is 4.57 Å². The summed E-state index contributed by atoms with van der Waals surface area (Å²) in [5.41, 5.74) is 1.18. The largest absolute Gasteiger partial charge is 0.382 e. The van der Waals surface area contributed by atoms with Gasteiger partial charge in [0, 0.05) is 0 Å². The smallest absolute Gasteiger partial charge is 0.307 e. The molecule has 0 radical (unpaired) electrons. The van der Waals surface area contributed by atoms with Crippen molar-refractivity contribution in [1.29, 1.82) is 0 Å². The molecule has 0 bridgehead atoms. The fourth-order valence-electron chi connectivity index (χ4n) is 2.23. The monoisotopic (exact) mass is 361 g/mol. The highest BCUT2D eigenvalue weighted by atomic mass is 32.2. The Labute approximate surface area is 136 Å². The Morgan fingerprint density at radius 3 is 2.30 bits per heavy atom. The normalized spacial score (nSPS) is 20.4. The summed E-state index contributed by atoms with van der Waals surface area (Å²) in [6.07, 6.45) is 0.839. The van der Waals surface area contributed by atoms with Gasteiger partial charge in [0.15, 0.2) is 0 Å². The van der Waals surface area contributed by atoms with Crippen LogP contribution in [-0.4, -0.2) is 33.2 Å². The summed E-state index contributed by atoms with van der Waals surface area (Å²) >= 11 is 0. The van der Waals surface area contributed by atoms with E-state index in [1.807, 2.05) is 30.3 Å². The summed E-state index contributed by atoms with van der Waals surface area (Å²) in [6, 6.07) is 9.52. The van der Waals surface area contributed by atoms with Gasteiger partial charge in [-0.1, -0.05) is 30.3 Å². The van der Waals surface area contributed by atoms with E-state index >= 15 is 0 Å². The predicted octanol–water partition coefficient (Wildman–Crippen LogP) is 2.93. The number of rotatable bonds is 8. The van der Waals surface area contributed by atoms with E-state index in [-0.39, 0.29) is 25.3 Å². The van der Waals surface area contributed by atoms with Crippen LogP contribution in [0.15, 0.2) is 34.7 Å². The van der Waals surface area contributed by atoms with Crippen LogP contribution in [-0.2, 0) is 34.5 Å². The quantitative estimate of drug-likeness (QED) is 0.661. The molecule has 0 spiro atoms. The van der Waals surface area contributed by atoms with Crippen molar-refractivity contribution in [1.82, 2.24) is 0 Å². The summed E-state index contributed by atoms with van der Waals surface area (Å²) in [5, 5.41) is 0. The van der Waals surface area contributed by atoms with Crippen molar-refractivity contribution in [2.45, 2.75) is 32.5 Å². The van der Waals surface area contributed by atoms with E-state index in [1.54, 1.807) is 13.8 Å². The number of nitrogens with zero attached hydrogens (tertiary/aromatic N) is 1. The highest BCUT2D eigenvalue weighted by Crippen LogP contribution is 2.56. The summed E-state index contributed by atoms with van der Waals surface area (Å²) < 4.78 is 55.0. The summed E-state index contributed by atoms with van der Waals surface area (Å²) in [7, 11) is -7.87. The van der Waals surface area contributed by atoms with Crippen LogP contribution in [0.4, 0.5) is 0 Å². The molecular formula is C14H20NO6PS. The Balaban J connectivity index is 2.21. The Kier molecular flexibility index (Phi) is 6.11. The van der Waals surface area contributed by atoms with Crippen LogP contribution in [0.5, 0.6) is 0 Å².